The Morgan fingerprint density at radius 2 is 2.38 bits per heavy atom. The summed E-state index contributed by atoms with van der Waals surface area (Å²) >= 11 is 5.96. The maximum atomic E-state index is 12.1. The lowest BCUT2D eigenvalue weighted by Crippen LogP contribution is -2.48. The van der Waals surface area contributed by atoms with E-state index in [1.165, 1.54) is 0 Å². The smallest absolute Gasteiger partial charge is 0.250 e. The van der Waals surface area contributed by atoms with E-state index >= 15 is 0 Å². The minimum atomic E-state index is -0.411. The number of rotatable bonds is 5. The van der Waals surface area contributed by atoms with E-state index in [0.29, 0.717) is 37.1 Å². The van der Waals surface area contributed by atoms with Gasteiger partial charge in [-0.25, -0.2) is 0 Å². The molecule has 116 valence electrons. The molecular formula is C15H21ClN2O3. The lowest BCUT2D eigenvalue weighted by Gasteiger charge is -2.29. The Balaban J connectivity index is 1.94. The van der Waals surface area contributed by atoms with Crippen LogP contribution in [0.5, 0.6) is 5.75 Å². The molecule has 21 heavy (non-hydrogen) atoms. The molecule has 1 aromatic rings. The van der Waals surface area contributed by atoms with Crippen LogP contribution in [-0.2, 0) is 16.1 Å². The van der Waals surface area contributed by atoms with Crippen LogP contribution in [0.2, 0.25) is 5.02 Å². The first kappa shape index (κ1) is 16.1. The highest BCUT2D eigenvalue weighted by Gasteiger charge is 2.24. The average Bonchev–Trinajstić information content (AvgIpc) is 2.46. The highest BCUT2D eigenvalue weighted by atomic mass is 35.5. The Kier molecular flexibility index (Phi) is 5.85. The number of nitrogens with zero attached hydrogens (tertiary/aromatic N) is 1. The Morgan fingerprint density at radius 1 is 1.57 bits per heavy atom. The van der Waals surface area contributed by atoms with Crippen molar-refractivity contribution in [3.63, 3.8) is 0 Å². The number of halogens is 1. The maximum absolute atomic E-state index is 12.1. The van der Waals surface area contributed by atoms with E-state index in [2.05, 4.69) is 10.2 Å². The van der Waals surface area contributed by atoms with Crippen LogP contribution in [0.1, 0.15) is 12.5 Å². The minimum Gasteiger partial charge on any atom is -0.493 e. The number of carbonyl (C=O) groups excluding carboxylic acids is 1. The fourth-order valence-corrected chi connectivity index (χ4v) is 2.36. The van der Waals surface area contributed by atoms with Gasteiger partial charge in [0.2, 0.25) is 0 Å². The predicted molar refractivity (Wildman–Crippen MR) is 81.7 cm³/mol. The molecule has 0 bridgehead atoms. The Morgan fingerprint density at radius 3 is 3.10 bits per heavy atom. The largest absolute Gasteiger partial charge is 0.493 e. The first-order chi connectivity index (χ1) is 10.1. The number of morpholine rings is 1. The van der Waals surface area contributed by atoms with Gasteiger partial charge in [0, 0.05) is 30.2 Å². The Labute approximate surface area is 130 Å². The molecule has 1 N–H and O–H groups in total. The molecule has 1 aliphatic rings. The molecule has 0 aromatic heterocycles. The molecule has 1 fully saturated rings. The summed E-state index contributed by atoms with van der Waals surface area (Å²) in [6.45, 7) is 4.92. The van der Waals surface area contributed by atoms with Crippen molar-refractivity contribution in [1.82, 2.24) is 10.2 Å². The SMILES string of the molecule is CCOc1cc(Cl)ccc1CNC(=O)[C@@H]1CN(C)CCO1. The number of hydrogen-bond donors (Lipinski definition) is 1. The molecule has 0 radical (unpaired) electrons. The number of ether oxygens (including phenoxy) is 2. The highest BCUT2D eigenvalue weighted by Crippen LogP contribution is 2.23. The third-order valence-electron chi connectivity index (χ3n) is 3.34. The van der Waals surface area contributed by atoms with E-state index in [1.807, 2.05) is 20.0 Å². The number of nitrogens with one attached hydrogen (secondary N) is 1. The maximum Gasteiger partial charge on any atom is 0.250 e. The van der Waals surface area contributed by atoms with Crippen LogP contribution < -0.4 is 10.1 Å². The van der Waals surface area contributed by atoms with E-state index in [-0.39, 0.29) is 5.91 Å². The van der Waals surface area contributed by atoms with E-state index in [1.54, 1.807) is 12.1 Å². The molecule has 0 unspecified atom stereocenters. The van der Waals surface area contributed by atoms with Crippen LogP contribution in [0.4, 0.5) is 0 Å². The molecule has 1 amide bonds. The third-order valence-corrected chi connectivity index (χ3v) is 3.58. The number of benzene rings is 1. The van der Waals surface area contributed by atoms with Crippen molar-refractivity contribution in [2.45, 2.75) is 19.6 Å². The summed E-state index contributed by atoms with van der Waals surface area (Å²) in [4.78, 5) is 14.2. The van der Waals surface area contributed by atoms with Crippen LogP contribution in [0.25, 0.3) is 0 Å². The molecule has 0 spiro atoms. The summed E-state index contributed by atoms with van der Waals surface area (Å²) in [7, 11) is 1.98. The first-order valence-corrected chi connectivity index (χ1v) is 7.47. The summed E-state index contributed by atoms with van der Waals surface area (Å²) < 4.78 is 11.0. The number of amides is 1. The molecule has 5 nitrogen and oxygen atoms in total. The molecule has 1 atom stereocenters. The van der Waals surface area contributed by atoms with Crippen molar-refractivity contribution >= 4 is 17.5 Å². The van der Waals surface area contributed by atoms with Gasteiger partial charge in [-0.15, -0.1) is 0 Å². The van der Waals surface area contributed by atoms with Crippen LogP contribution in [-0.4, -0.2) is 50.3 Å². The van der Waals surface area contributed by atoms with Crippen LogP contribution in [0.15, 0.2) is 18.2 Å². The zero-order chi connectivity index (χ0) is 15.2. The van der Waals surface area contributed by atoms with Gasteiger partial charge in [-0.3, -0.25) is 4.79 Å². The summed E-state index contributed by atoms with van der Waals surface area (Å²) in [5.74, 6) is 0.603. The zero-order valence-corrected chi connectivity index (χ0v) is 13.2. The van der Waals surface area contributed by atoms with Crippen molar-refractivity contribution < 1.29 is 14.3 Å². The standard InChI is InChI=1S/C15H21ClN2O3/c1-3-20-13-8-12(16)5-4-11(13)9-17-15(19)14-10-18(2)6-7-21-14/h4-5,8,14H,3,6-7,9-10H2,1-2H3,(H,17,19)/t14-/m0/s1. The van der Waals surface area contributed by atoms with Gasteiger partial charge in [0.05, 0.1) is 13.2 Å². The molecule has 0 saturated carbocycles. The van der Waals surface area contributed by atoms with Crippen molar-refractivity contribution in [3.8, 4) is 5.75 Å². The lowest BCUT2D eigenvalue weighted by molar-refractivity contribution is -0.138. The van der Waals surface area contributed by atoms with E-state index < -0.39 is 6.10 Å². The van der Waals surface area contributed by atoms with Crippen molar-refractivity contribution in [2.24, 2.45) is 0 Å². The van der Waals surface area contributed by atoms with Gasteiger partial charge >= 0.3 is 0 Å². The molecule has 1 aliphatic heterocycles. The summed E-state index contributed by atoms with van der Waals surface area (Å²) in [5, 5.41) is 3.51. The van der Waals surface area contributed by atoms with Gasteiger partial charge in [0.1, 0.15) is 11.9 Å². The highest BCUT2D eigenvalue weighted by molar-refractivity contribution is 6.30. The second-order valence-electron chi connectivity index (χ2n) is 5.02. The topological polar surface area (TPSA) is 50.8 Å². The van der Waals surface area contributed by atoms with Gasteiger partial charge in [0.25, 0.3) is 5.91 Å². The van der Waals surface area contributed by atoms with Crippen molar-refractivity contribution in [3.05, 3.63) is 28.8 Å². The summed E-state index contributed by atoms with van der Waals surface area (Å²) in [6, 6.07) is 5.41. The van der Waals surface area contributed by atoms with Gasteiger partial charge in [-0.05, 0) is 26.1 Å². The average molecular weight is 313 g/mol. The molecule has 1 saturated heterocycles. The Hall–Kier alpha value is -1.30. The van der Waals surface area contributed by atoms with Gasteiger partial charge in [-0.1, -0.05) is 17.7 Å². The molecule has 6 heteroatoms. The monoisotopic (exact) mass is 312 g/mol. The number of carbonyl (C=O) groups is 1. The van der Waals surface area contributed by atoms with Crippen LogP contribution in [0.3, 0.4) is 0 Å². The Bertz CT molecular complexity index is 496. The van der Waals surface area contributed by atoms with Crippen LogP contribution in [0, 0.1) is 0 Å². The van der Waals surface area contributed by atoms with E-state index in [0.717, 1.165) is 12.1 Å². The number of likely N-dealkylation sites (N-methyl/N-ethyl adjacent to an activating group) is 1. The fourth-order valence-electron chi connectivity index (χ4n) is 2.20. The zero-order valence-electron chi connectivity index (χ0n) is 12.4. The lowest BCUT2D eigenvalue weighted by atomic mass is 10.2. The predicted octanol–water partition coefficient (Wildman–Crippen LogP) is 1.69. The van der Waals surface area contributed by atoms with Gasteiger partial charge in [-0.2, -0.15) is 0 Å². The number of hydrogen-bond acceptors (Lipinski definition) is 4. The second kappa shape index (κ2) is 7.64. The van der Waals surface area contributed by atoms with E-state index in [9.17, 15) is 4.79 Å². The molecular weight excluding hydrogens is 292 g/mol. The summed E-state index contributed by atoms with van der Waals surface area (Å²) in [5.41, 5.74) is 0.902. The van der Waals surface area contributed by atoms with Gasteiger partial charge < -0.3 is 19.7 Å². The molecule has 2 rings (SSSR count). The second-order valence-corrected chi connectivity index (χ2v) is 5.46. The van der Waals surface area contributed by atoms with Gasteiger partial charge in [0.15, 0.2) is 0 Å². The van der Waals surface area contributed by atoms with E-state index in [4.69, 9.17) is 21.1 Å². The normalized spacial score (nSPS) is 19.3. The minimum absolute atomic E-state index is 0.0982. The van der Waals surface area contributed by atoms with Crippen LogP contribution >= 0.6 is 11.6 Å². The molecule has 1 aromatic carbocycles. The van der Waals surface area contributed by atoms with Crippen molar-refractivity contribution in [2.75, 3.05) is 33.4 Å². The molecule has 1 heterocycles. The third kappa shape index (κ3) is 4.59. The fraction of sp³-hybridized carbons (Fsp3) is 0.533. The first-order valence-electron chi connectivity index (χ1n) is 7.09. The quantitative estimate of drug-likeness (QED) is 0.899. The summed E-state index contributed by atoms with van der Waals surface area (Å²) in [6.07, 6.45) is -0.411. The molecule has 0 aliphatic carbocycles. The van der Waals surface area contributed by atoms with Crippen molar-refractivity contribution in [1.29, 1.82) is 0 Å².